The maximum atomic E-state index is 13.9. The molecule has 2 rings (SSSR count). The topological polar surface area (TPSA) is 25.5 Å². The zero-order valence-electron chi connectivity index (χ0n) is 10.5. The fourth-order valence-corrected chi connectivity index (χ4v) is 1.64. The van der Waals surface area contributed by atoms with Crippen molar-refractivity contribution in [3.8, 4) is 0 Å². The number of hydrogen-bond donors (Lipinski definition) is 0. The summed E-state index contributed by atoms with van der Waals surface area (Å²) in [5.41, 5.74) is -1.31. The summed E-state index contributed by atoms with van der Waals surface area (Å²) >= 11 is 0. The maximum Gasteiger partial charge on any atom is 0.436 e. The quantitative estimate of drug-likeness (QED) is 0.459. The molecule has 106 valence electrons. The van der Waals surface area contributed by atoms with Gasteiger partial charge in [-0.05, 0) is 19.1 Å². The van der Waals surface area contributed by atoms with E-state index in [0.717, 1.165) is 6.07 Å². The van der Waals surface area contributed by atoms with Gasteiger partial charge in [0.05, 0.1) is 0 Å². The molecule has 2 aromatic rings. The zero-order valence-corrected chi connectivity index (χ0v) is 10.5. The summed E-state index contributed by atoms with van der Waals surface area (Å²) in [5, 5.41) is 0. The highest BCUT2D eigenvalue weighted by atomic mass is 19.4. The van der Waals surface area contributed by atoms with E-state index in [-0.39, 0.29) is 5.56 Å². The highest BCUT2D eigenvalue weighted by molar-refractivity contribution is 6.02. The van der Waals surface area contributed by atoms with Gasteiger partial charge in [-0.25, -0.2) is 9.38 Å². The van der Waals surface area contributed by atoms with E-state index >= 15 is 0 Å². The van der Waals surface area contributed by atoms with Crippen molar-refractivity contribution >= 4 is 5.71 Å². The van der Waals surface area contributed by atoms with Crippen LogP contribution < -0.4 is 0 Å². The Balaban J connectivity index is 2.39. The minimum Gasteiger partial charge on any atom is -0.460 e. The summed E-state index contributed by atoms with van der Waals surface area (Å²) < 4.78 is 57.6. The van der Waals surface area contributed by atoms with Crippen molar-refractivity contribution in [2.24, 2.45) is 4.99 Å². The van der Waals surface area contributed by atoms with Gasteiger partial charge in [-0.3, -0.25) is 0 Å². The summed E-state index contributed by atoms with van der Waals surface area (Å²) in [7, 11) is 0. The Morgan fingerprint density at radius 1 is 1.10 bits per heavy atom. The molecular weight excluding hydrogens is 274 g/mol. The molecule has 0 amide bonds. The second-order valence-corrected chi connectivity index (χ2v) is 4.13. The lowest BCUT2D eigenvalue weighted by molar-refractivity contribution is -0.0596. The Morgan fingerprint density at radius 3 is 2.25 bits per heavy atom. The Labute approximate surface area is 112 Å². The van der Waals surface area contributed by atoms with Gasteiger partial charge in [-0.2, -0.15) is 13.2 Å². The number of aliphatic imine (C=N–C) groups is 1. The van der Waals surface area contributed by atoms with E-state index in [9.17, 15) is 17.6 Å². The summed E-state index contributed by atoms with van der Waals surface area (Å²) in [5.74, 6) is -0.194. The van der Waals surface area contributed by atoms with Crippen molar-refractivity contribution in [3.05, 3.63) is 59.5 Å². The Hall–Kier alpha value is -2.11. The van der Waals surface area contributed by atoms with Crippen LogP contribution in [0.5, 0.6) is 0 Å². The van der Waals surface area contributed by atoms with Crippen LogP contribution in [0.2, 0.25) is 0 Å². The summed E-state index contributed by atoms with van der Waals surface area (Å²) in [4.78, 5) is 3.13. The van der Waals surface area contributed by atoms with Crippen LogP contribution in [0.4, 0.5) is 17.6 Å². The number of nitrogens with zero attached hydrogens (tertiary/aromatic N) is 1. The Kier molecular flexibility index (Phi) is 3.92. The number of halogens is 4. The maximum absolute atomic E-state index is 13.9. The van der Waals surface area contributed by atoms with E-state index in [1.165, 1.54) is 37.3 Å². The normalized spacial score (nSPS) is 14.3. The third kappa shape index (κ3) is 3.26. The van der Waals surface area contributed by atoms with Crippen molar-refractivity contribution in [2.45, 2.75) is 19.4 Å². The SMILES string of the molecule is Cc1ccc(C(=N[C@H](F)c2ccccc2)C(F)(F)F)o1. The molecule has 1 aromatic heterocycles. The molecule has 0 fully saturated rings. The third-order valence-electron chi connectivity index (χ3n) is 2.56. The van der Waals surface area contributed by atoms with Crippen LogP contribution in [0.3, 0.4) is 0 Å². The van der Waals surface area contributed by atoms with Gasteiger partial charge in [0.15, 0.2) is 11.5 Å². The van der Waals surface area contributed by atoms with E-state index in [1.807, 2.05) is 0 Å². The Morgan fingerprint density at radius 2 is 1.75 bits per heavy atom. The molecule has 0 saturated carbocycles. The number of hydrogen-bond acceptors (Lipinski definition) is 2. The molecule has 1 heterocycles. The molecule has 20 heavy (non-hydrogen) atoms. The van der Waals surface area contributed by atoms with Gasteiger partial charge in [-0.1, -0.05) is 30.3 Å². The van der Waals surface area contributed by atoms with Gasteiger partial charge in [0.2, 0.25) is 6.30 Å². The van der Waals surface area contributed by atoms with E-state index in [1.54, 1.807) is 6.07 Å². The first-order chi connectivity index (χ1) is 9.38. The molecular formula is C14H11F4NO. The minimum absolute atomic E-state index is 0.0533. The van der Waals surface area contributed by atoms with E-state index < -0.39 is 23.9 Å². The van der Waals surface area contributed by atoms with Crippen LogP contribution in [0.1, 0.15) is 23.4 Å². The molecule has 0 saturated heterocycles. The molecule has 0 spiro atoms. The van der Waals surface area contributed by atoms with Crippen molar-refractivity contribution in [3.63, 3.8) is 0 Å². The summed E-state index contributed by atoms with van der Waals surface area (Å²) in [6, 6.07) is 9.93. The van der Waals surface area contributed by atoms with Gasteiger partial charge in [0.25, 0.3) is 0 Å². The molecule has 6 heteroatoms. The summed E-state index contributed by atoms with van der Waals surface area (Å²) in [6.07, 6.45) is -6.89. The van der Waals surface area contributed by atoms with Gasteiger partial charge in [-0.15, -0.1) is 0 Å². The zero-order chi connectivity index (χ0) is 14.8. The highest BCUT2D eigenvalue weighted by Crippen LogP contribution is 2.28. The molecule has 0 unspecified atom stereocenters. The van der Waals surface area contributed by atoms with E-state index in [0.29, 0.717) is 5.76 Å². The minimum atomic E-state index is -4.79. The second kappa shape index (κ2) is 5.48. The Bertz CT molecular complexity index is 601. The van der Waals surface area contributed by atoms with Crippen molar-refractivity contribution in [1.82, 2.24) is 0 Å². The molecule has 2 nitrogen and oxygen atoms in total. The molecule has 1 aromatic carbocycles. The number of furan rings is 1. The monoisotopic (exact) mass is 285 g/mol. The van der Waals surface area contributed by atoms with Crippen LogP contribution in [0, 0.1) is 6.92 Å². The number of aryl methyl sites for hydroxylation is 1. The first-order valence-electron chi connectivity index (χ1n) is 5.79. The number of alkyl halides is 4. The van der Waals surface area contributed by atoms with Gasteiger partial charge < -0.3 is 4.42 Å². The molecule has 0 bridgehead atoms. The molecule has 1 atom stereocenters. The van der Waals surface area contributed by atoms with Crippen molar-refractivity contribution < 1.29 is 22.0 Å². The predicted octanol–water partition coefficient (Wildman–Crippen LogP) is 4.61. The largest absolute Gasteiger partial charge is 0.460 e. The predicted molar refractivity (Wildman–Crippen MR) is 66.3 cm³/mol. The lowest BCUT2D eigenvalue weighted by atomic mass is 10.2. The average molecular weight is 285 g/mol. The highest BCUT2D eigenvalue weighted by Gasteiger charge is 2.39. The van der Waals surface area contributed by atoms with E-state index in [4.69, 9.17) is 4.42 Å². The van der Waals surface area contributed by atoms with Crippen molar-refractivity contribution in [1.29, 1.82) is 0 Å². The first-order valence-corrected chi connectivity index (χ1v) is 5.79. The number of benzene rings is 1. The van der Waals surface area contributed by atoms with Crippen LogP contribution in [-0.2, 0) is 0 Å². The van der Waals surface area contributed by atoms with Gasteiger partial charge >= 0.3 is 6.18 Å². The standard InChI is InChI=1S/C14H11F4NO/c1-9-7-8-11(20-9)12(14(16,17)18)19-13(15)10-5-3-2-4-6-10/h2-8,13H,1H3/t13-/m0/s1. The van der Waals surface area contributed by atoms with Crippen LogP contribution >= 0.6 is 0 Å². The number of rotatable bonds is 3. The lowest BCUT2D eigenvalue weighted by Crippen LogP contribution is -2.24. The fourth-order valence-electron chi connectivity index (χ4n) is 1.64. The van der Waals surface area contributed by atoms with Gasteiger partial charge in [0.1, 0.15) is 5.76 Å². The summed E-state index contributed by atoms with van der Waals surface area (Å²) in [6.45, 7) is 1.50. The van der Waals surface area contributed by atoms with Gasteiger partial charge in [0, 0.05) is 5.56 Å². The lowest BCUT2D eigenvalue weighted by Gasteiger charge is -2.10. The molecule has 0 aliphatic heterocycles. The first kappa shape index (κ1) is 14.3. The molecule has 0 radical (unpaired) electrons. The van der Waals surface area contributed by atoms with Crippen molar-refractivity contribution in [2.75, 3.05) is 0 Å². The van der Waals surface area contributed by atoms with E-state index in [2.05, 4.69) is 4.99 Å². The average Bonchev–Trinajstić information content (AvgIpc) is 2.81. The third-order valence-corrected chi connectivity index (χ3v) is 2.56. The molecule has 0 aliphatic carbocycles. The smallest absolute Gasteiger partial charge is 0.436 e. The van der Waals surface area contributed by atoms with Crippen LogP contribution in [-0.4, -0.2) is 11.9 Å². The van der Waals surface area contributed by atoms with Crippen LogP contribution in [0.25, 0.3) is 0 Å². The van der Waals surface area contributed by atoms with Crippen LogP contribution in [0.15, 0.2) is 51.9 Å². The fraction of sp³-hybridized carbons (Fsp3) is 0.214. The molecule has 0 aliphatic rings. The second-order valence-electron chi connectivity index (χ2n) is 4.13. The molecule has 0 N–H and O–H groups in total.